The molecule has 0 unspecified atom stereocenters. The third kappa shape index (κ3) is 3.53. The lowest BCUT2D eigenvalue weighted by Gasteiger charge is -2.07. The first-order chi connectivity index (χ1) is 7.15. The Morgan fingerprint density at radius 3 is 2.87 bits per heavy atom. The van der Waals surface area contributed by atoms with Gasteiger partial charge in [-0.15, -0.1) is 0 Å². The molecule has 4 nitrogen and oxygen atoms in total. The summed E-state index contributed by atoms with van der Waals surface area (Å²) in [7, 11) is 1.86. The van der Waals surface area contributed by atoms with Crippen LogP contribution < -0.4 is 15.8 Å². The maximum atomic E-state index is 10.9. The molecule has 0 aromatic heterocycles. The van der Waals surface area contributed by atoms with E-state index in [1.165, 1.54) is 0 Å². The number of amides is 1. The van der Waals surface area contributed by atoms with E-state index < -0.39 is 5.91 Å². The van der Waals surface area contributed by atoms with Crippen LogP contribution >= 0.6 is 15.9 Å². The fourth-order valence-electron chi connectivity index (χ4n) is 1.06. The van der Waals surface area contributed by atoms with E-state index in [-0.39, 0.29) is 0 Å². The van der Waals surface area contributed by atoms with Crippen LogP contribution in [0.5, 0.6) is 5.75 Å². The predicted molar refractivity (Wildman–Crippen MR) is 62.1 cm³/mol. The van der Waals surface area contributed by atoms with Crippen LogP contribution in [0.1, 0.15) is 10.4 Å². The summed E-state index contributed by atoms with van der Waals surface area (Å²) in [6.07, 6.45) is 0. The van der Waals surface area contributed by atoms with E-state index in [4.69, 9.17) is 10.5 Å². The number of ether oxygens (including phenoxy) is 1. The van der Waals surface area contributed by atoms with Crippen LogP contribution in [0.15, 0.2) is 22.7 Å². The molecule has 5 heteroatoms. The van der Waals surface area contributed by atoms with Crippen molar-refractivity contribution in [1.82, 2.24) is 5.32 Å². The first-order valence-electron chi connectivity index (χ1n) is 4.52. The zero-order valence-corrected chi connectivity index (χ0v) is 10.0. The molecule has 0 saturated heterocycles. The number of nitrogens with one attached hydrogen (secondary N) is 1. The molecule has 0 aliphatic carbocycles. The van der Waals surface area contributed by atoms with Gasteiger partial charge in [-0.05, 0) is 41.2 Å². The highest BCUT2D eigenvalue weighted by molar-refractivity contribution is 9.10. The fourth-order valence-corrected chi connectivity index (χ4v) is 1.61. The molecule has 0 bridgehead atoms. The Kier molecular flexibility index (Phi) is 4.58. The minimum Gasteiger partial charge on any atom is -0.492 e. The van der Waals surface area contributed by atoms with E-state index >= 15 is 0 Å². The zero-order valence-electron chi connectivity index (χ0n) is 8.42. The lowest BCUT2D eigenvalue weighted by molar-refractivity contribution is 0.0999. The van der Waals surface area contributed by atoms with Gasteiger partial charge in [0.05, 0.1) is 5.56 Å². The van der Waals surface area contributed by atoms with Crippen molar-refractivity contribution >= 4 is 21.8 Å². The minimum atomic E-state index is -0.455. The number of benzene rings is 1. The van der Waals surface area contributed by atoms with Crippen molar-refractivity contribution in [2.45, 2.75) is 0 Å². The van der Waals surface area contributed by atoms with Crippen LogP contribution in [-0.4, -0.2) is 26.1 Å². The van der Waals surface area contributed by atoms with Gasteiger partial charge in [-0.1, -0.05) is 0 Å². The number of hydrogen-bond acceptors (Lipinski definition) is 3. The molecule has 0 spiro atoms. The maximum Gasteiger partial charge on any atom is 0.249 e. The van der Waals surface area contributed by atoms with E-state index in [1.54, 1.807) is 18.2 Å². The predicted octanol–water partition coefficient (Wildman–Crippen LogP) is 1.15. The Labute approximate surface area is 96.9 Å². The number of primary amides is 1. The van der Waals surface area contributed by atoms with Gasteiger partial charge in [0, 0.05) is 11.0 Å². The average molecular weight is 273 g/mol. The number of likely N-dealkylation sites (N-methyl/N-ethyl adjacent to an activating group) is 1. The minimum absolute atomic E-state index is 0.455. The lowest BCUT2D eigenvalue weighted by Crippen LogP contribution is -2.16. The average Bonchev–Trinajstić information content (AvgIpc) is 2.17. The molecule has 0 saturated carbocycles. The van der Waals surface area contributed by atoms with E-state index in [0.717, 1.165) is 6.54 Å². The van der Waals surface area contributed by atoms with Gasteiger partial charge in [0.1, 0.15) is 12.4 Å². The summed E-state index contributed by atoms with van der Waals surface area (Å²) in [5.41, 5.74) is 5.62. The third-order valence-electron chi connectivity index (χ3n) is 1.83. The second-order valence-electron chi connectivity index (χ2n) is 2.96. The Hall–Kier alpha value is -1.07. The topological polar surface area (TPSA) is 64.3 Å². The molecule has 0 radical (unpaired) electrons. The Bertz CT molecular complexity index is 355. The van der Waals surface area contributed by atoms with Gasteiger partial charge in [0.2, 0.25) is 5.91 Å². The molecule has 1 rings (SSSR count). The molecule has 1 aromatic rings. The molecule has 82 valence electrons. The molecule has 3 N–H and O–H groups in total. The second-order valence-corrected chi connectivity index (χ2v) is 3.81. The molecule has 15 heavy (non-hydrogen) atoms. The Balaban J connectivity index is 2.69. The fraction of sp³-hybridized carbons (Fsp3) is 0.300. The molecule has 0 fully saturated rings. The summed E-state index contributed by atoms with van der Waals surface area (Å²) in [6, 6.07) is 5.09. The van der Waals surface area contributed by atoms with Gasteiger partial charge in [0.25, 0.3) is 0 Å². The van der Waals surface area contributed by atoms with Gasteiger partial charge >= 0.3 is 0 Å². The Morgan fingerprint density at radius 1 is 1.60 bits per heavy atom. The summed E-state index contributed by atoms with van der Waals surface area (Å²) in [5, 5.41) is 2.97. The zero-order chi connectivity index (χ0) is 11.3. The molecule has 0 atom stereocenters. The molecule has 0 aliphatic heterocycles. The largest absolute Gasteiger partial charge is 0.492 e. The molecule has 1 amide bonds. The van der Waals surface area contributed by atoms with Gasteiger partial charge in [0.15, 0.2) is 0 Å². The highest BCUT2D eigenvalue weighted by atomic mass is 79.9. The molecule has 0 aliphatic rings. The number of halogens is 1. The van der Waals surface area contributed by atoms with Crippen LogP contribution in [0.2, 0.25) is 0 Å². The van der Waals surface area contributed by atoms with Gasteiger partial charge in [-0.25, -0.2) is 0 Å². The number of carbonyl (C=O) groups excluding carboxylic acids is 1. The van der Waals surface area contributed by atoms with Gasteiger partial charge < -0.3 is 15.8 Å². The first kappa shape index (κ1) is 12.0. The summed E-state index contributed by atoms with van der Waals surface area (Å²) in [4.78, 5) is 10.9. The van der Waals surface area contributed by atoms with E-state index in [2.05, 4.69) is 21.2 Å². The number of nitrogens with two attached hydrogens (primary N) is 1. The van der Waals surface area contributed by atoms with Crippen LogP contribution in [-0.2, 0) is 0 Å². The van der Waals surface area contributed by atoms with Crippen LogP contribution in [0, 0.1) is 0 Å². The molecule has 1 aromatic carbocycles. The third-order valence-corrected chi connectivity index (χ3v) is 2.48. The van der Waals surface area contributed by atoms with Crippen molar-refractivity contribution < 1.29 is 9.53 Å². The smallest absolute Gasteiger partial charge is 0.249 e. The lowest BCUT2D eigenvalue weighted by atomic mass is 10.2. The molecular weight excluding hydrogens is 260 g/mol. The maximum absolute atomic E-state index is 10.9. The summed E-state index contributed by atoms with van der Waals surface area (Å²) in [5.74, 6) is 0.255. The van der Waals surface area contributed by atoms with Gasteiger partial charge in [-0.2, -0.15) is 0 Å². The summed E-state index contributed by atoms with van der Waals surface area (Å²) < 4.78 is 6.07. The van der Waals surface area contributed by atoms with Crippen molar-refractivity contribution in [2.24, 2.45) is 5.73 Å². The van der Waals surface area contributed by atoms with E-state index in [1.807, 2.05) is 7.05 Å². The van der Waals surface area contributed by atoms with E-state index in [9.17, 15) is 4.79 Å². The molecular formula is C10H13BrN2O2. The van der Waals surface area contributed by atoms with Crippen LogP contribution in [0.4, 0.5) is 0 Å². The second kappa shape index (κ2) is 5.72. The van der Waals surface area contributed by atoms with Crippen LogP contribution in [0.3, 0.4) is 0 Å². The highest BCUT2D eigenvalue weighted by Gasteiger charge is 2.06. The first-order valence-corrected chi connectivity index (χ1v) is 5.31. The number of carbonyl (C=O) groups is 1. The standard InChI is InChI=1S/C10H13BrN2O2/c1-13-4-5-15-7-2-3-8(10(12)14)9(11)6-7/h2-3,6,13H,4-5H2,1H3,(H2,12,14). The van der Waals surface area contributed by atoms with Gasteiger partial charge in [-0.3, -0.25) is 4.79 Å². The molecule has 0 heterocycles. The highest BCUT2D eigenvalue weighted by Crippen LogP contribution is 2.22. The van der Waals surface area contributed by atoms with Crippen molar-refractivity contribution in [3.63, 3.8) is 0 Å². The number of hydrogen-bond donors (Lipinski definition) is 2. The van der Waals surface area contributed by atoms with E-state index in [0.29, 0.717) is 22.4 Å². The van der Waals surface area contributed by atoms with Crippen molar-refractivity contribution in [1.29, 1.82) is 0 Å². The monoisotopic (exact) mass is 272 g/mol. The summed E-state index contributed by atoms with van der Waals surface area (Å²) >= 11 is 3.26. The number of rotatable bonds is 5. The van der Waals surface area contributed by atoms with Crippen molar-refractivity contribution in [3.05, 3.63) is 28.2 Å². The van der Waals surface area contributed by atoms with Crippen LogP contribution in [0.25, 0.3) is 0 Å². The Morgan fingerprint density at radius 2 is 2.33 bits per heavy atom. The SMILES string of the molecule is CNCCOc1ccc(C(N)=O)c(Br)c1. The quantitative estimate of drug-likeness (QED) is 0.791. The normalized spacial score (nSPS) is 10.0. The van der Waals surface area contributed by atoms with Crippen molar-refractivity contribution in [2.75, 3.05) is 20.2 Å². The summed E-state index contributed by atoms with van der Waals surface area (Å²) in [6.45, 7) is 1.36. The van der Waals surface area contributed by atoms with Crippen molar-refractivity contribution in [3.8, 4) is 5.75 Å².